The number of likely N-dealkylation sites (tertiary alicyclic amines) is 1. The molecule has 112 valence electrons. The second kappa shape index (κ2) is 5.72. The van der Waals surface area contributed by atoms with Crippen LogP contribution in [0, 0.1) is 11.8 Å². The van der Waals surface area contributed by atoms with Crippen LogP contribution in [0.2, 0.25) is 0 Å². The first kappa shape index (κ1) is 14.5. The number of benzene rings is 1. The lowest BCUT2D eigenvalue weighted by Crippen LogP contribution is -2.53. The van der Waals surface area contributed by atoms with E-state index in [1.54, 1.807) is 6.92 Å². The van der Waals surface area contributed by atoms with Crippen molar-refractivity contribution >= 4 is 11.6 Å². The molecule has 2 fully saturated rings. The smallest absolute Gasteiger partial charge is 0.147 e. The van der Waals surface area contributed by atoms with Crippen molar-refractivity contribution in [2.24, 2.45) is 11.8 Å². The summed E-state index contributed by atoms with van der Waals surface area (Å²) in [5, 5.41) is 0. The Morgan fingerprint density at radius 1 is 1.24 bits per heavy atom. The molecule has 1 aromatic rings. The molecular weight excluding hydrogens is 262 g/mol. The van der Waals surface area contributed by atoms with Gasteiger partial charge >= 0.3 is 0 Å². The van der Waals surface area contributed by atoms with Crippen molar-refractivity contribution in [2.75, 3.05) is 13.6 Å². The summed E-state index contributed by atoms with van der Waals surface area (Å²) < 4.78 is 0. The van der Waals surface area contributed by atoms with E-state index in [1.165, 1.54) is 0 Å². The normalized spacial score (nSPS) is 33.5. The zero-order valence-corrected chi connectivity index (χ0v) is 12.8. The first-order valence-corrected chi connectivity index (χ1v) is 7.86. The Hall–Kier alpha value is -1.48. The third-order valence-corrected chi connectivity index (χ3v) is 5.32. The van der Waals surface area contributed by atoms with Gasteiger partial charge in [0.1, 0.15) is 11.6 Å². The Bertz CT molecular complexity index is 539. The second-order valence-corrected chi connectivity index (χ2v) is 6.62. The number of rotatable bonds is 2. The number of hydrogen-bond acceptors (Lipinski definition) is 3. The van der Waals surface area contributed by atoms with Gasteiger partial charge in [-0.05, 0) is 50.8 Å². The SMILES string of the molecule is CC(=O)[C@@H]1C2CC(c3ccccc3)C(=O)C[C@@H]2CCN1C. The van der Waals surface area contributed by atoms with Crippen LogP contribution in [0.4, 0.5) is 0 Å². The molecule has 3 heteroatoms. The summed E-state index contributed by atoms with van der Waals surface area (Å²) in [7, 11) is 2.04. The molecule has 0 N–H and O–H groups in total. The molecule has 2 unspecified atom stereocenters. The van der Waals surface area contributed by atoms with Gasteiger partial charge in [-0.15, -0.1) is 0 Å². The van der Waals surface area contributed by atoms with Crippen LogP contribution in [-0.4, -0.2) is 36.1 Å². The van der Waals surface area contributed by atoms with Crippen LogP contribution < -0.4 is 0 Å². The van der Waals surface area contributed by atoms with Crippen molar-refractivity contribution in [2.45, 2.75) is 38.1 Å². The van der Waals surface area contributed by atoms with Crippen LogP contribution in [0.25, 0.3) is 0 Å². The van der Waals surface area contributed by atoms with Crippen molar-refractivity contribution in [1.29, 1.82) is 0 Å². The summed E-state index contributed by atoms with van der Waals surface area (Å²) in [6.45, 7) is 2.62. The molecule has 3 nitrogen and oxygen atoms in total. The molecule has 21 heavy (non-hydrogen) atoms. The molecule has 3 rings (SSSR count). The average Bonchev–Trinajstić information content (AvgIpc) is 2.47. The number of carbonyl (C=O) groups is 2. The Morgan fingerprint density at radius 3 is 2.62 bits per heavy atom. The van der Waals surface area contributed by atoms with E-state index in [0.717, 1.165) is 24.9 Å². The van der Waals surface area contributed by atoms with Crippen molar-refractivity contribution in [3.8, 4) is 0 Å². The average molecular weight is 285 g/mol. The maximum Gasteiger partial charge on any atom is 0.147 e. The highest BCUT2D eigenvalue weighted by Crippen LogP contribution is 2.43. The van der Waals surface area contributed by atoms with E-state index in [2.05, 4.69) is 4.90 Å². The van der Waals surface area contributed by atoms with Crippen molar-refractivity contribution in [3.05, 3.63) is 35.9 Å². The largest absolute Gasteiger partial charge is 0.299 e. The maximum atomic E-state index is 12.5. The number of likely N-dealkylation sites (N-methyl/N-ethyl adjacent to an activating group) is 1. The van der Waals surface area contributed by atoms with E-state index in [9.17, 15) is 9.59 Å². The van der Waals surface area contributed by atoms with E-state index in [4.69, 9.17) is 0 Å². The highest BCUT2D eigenvalue weighted by atomic mass is 16.1. The minimum atomic E-state index is -0.0270. The monoisotopic (exact) mass is 285 g/mol. The highest BCUT2D eigenvalue weighted by molar-refractivity contribution is 5.88. The lowest BCUT2D eigenvalue weighted by molar-refractivity contribution is -0.134. The van der Waals surface area contributed by atoms with Gasteiger partial charge in [-0.1, -0.05) is 30.3 Å². The van der Waals surface area contributed by atoms with Crippen LogP contribution in [0.15, 0.2) is 30.3 Å². The Balaban J connectivity index is 1.88. The first-order valence-electron chi connectivity index (χ1n) is 7.86. The molecule has 4 atom stereocenters. The van der Waals surface area contributed by atoms with Crippen LogP contribution in [0.5, 0.6) is 0 Å². The standard InChI is InChI=1S/C18H23NO2/c1-12(20)18-16-11-15(13-6-4-3-5-7-13)17(21)10-14(16)8-9-19(18)2/h3-7,14-16,18H,8-11H2,1-2H3/t14-,15?,16?,18+/m0/s1. The molecule has 0 bridgehead atoms. The number of fused-ring (bicyclic) bond motifs is 1. The molecule has 1 aromatic carbocycles. The minimum Gasteiger partial charge on any atom is -0.299 e. The van der Waals surface area contributed by atoms with Crippen LogP contribution in [-0.2, 0) is 9.59 Å². The maximum absolute atomic E-state index is 12.5. The summed E-state index contributed by atoms with van der Waals surface area (Å²) >= 11 is 0. The molecule has 0 amide bonds. The molecule has 1 saturated carbocycles. The van der Waals surface area contributed by atoms with Gasteiger partial charge in [-0.2, -0.15) is 0 Å². The molecule has 0 radical (unpaired) electrons. The summed E-state index contributed by atoms with van der Waals surface area (Å²) in [6.07, 6.45) is 2.50. The number of nitrogens with zero attached hydrogens (tertiary/aromatic N) is 1. The van der Waals surface area contributed by atoms with Crippen LogP contribution >= 0.6 is 0 Å². The summed E-state index contributed by atoms with van der Waals surface area (Å²) in [5.41, 5.74) is 1.11. The van der Waals surface area contributed by atoms with Gasteiger partial charge in [0, 0.05) is 12.3 Å². The topological polar surface area (TPSA) is 37.4 Å². The first-order chi connectivity index (χ1) is 10.1. The summed E-state index contributed by atoms with van der Waals surface area (Å²) in [4.78, 5) is 26.8. The van der Waals surface area contributed by atoms with Gasteiger partial charge < -0.3 is 0 Å². The Labute approximate surface area is 126 Å². The van der Waals surface area contributed by atoms with Crippen molar-refractivity contribution < 1.29 is 9.59 Å². The molecule has 1 aliphatic carbocycles. The molecule has 1 heterocycles. The molecular formula is C18H23NO2. The predicted octanol–water partition coefficient (Wildman–Crippen LogP) is 2.66. The van der Waals surface area contributed by atoms with E-state index in [0.29, 0.717) is 24.0 Å². The molecule has 1 saturated heterocycles. The Kier molecular flexibility index (Phi) is 3.94. The Morgan fingerprint density at radius 2 is 1.95 bits per heavy atom. The zero-order chi connectivity index (χ0) is 15.0. The zero-order valence-electron chi connectivity index (χ0n) is 12.8. The third kappa shape index (κ3) is 2.67. The number of ketones is 2. The highest BCUT2D eigenvalue weighted by Gasteiger charge is 2.45. The lowest BCUT2D eigenvalue weighted by atomic mass is 9.65. The summed E-state index contributed by atoms with van der Waals surface area (Å²) in [5.74, 6) is 1.29. The molecule has 2 aliphatic rings. The van der Waals surface area contributed by atoms with E-state index in [1.807, 2.05) is 37.4 Å². The van der Waals surface area contributed by atoms with E-state index < -0.39 is 0 Å². The molecule has 0 aromatic heterocycles. The van der Waals surface area contributed by atoms with Gasteiger partial charge in [0.05, 0.1) is 6.04 Å². The summed E-state index contributed by atoms with van der Waals surface area (Å²) in [6, 6.07) is 10.0. The second-order valence-electron chi connectivity index (χ2n) is 6.62. The fraction of sp³-hybridized carbons (Fsp3) is 0.556. The fourth-order valence-corrected chi connectivity index (χ4v) is 4.31. The van der Waals surface area contributed by atoms with Gasteiger partial charge in [-0.25, -0.2) is 0 Å². The van der Waals surface area contributed by atoms with Gasteiger partial charge in [-0.3, -0.25) is 14.5 Å². The van der Waals surface area contributed by atoms with Gasteiger partial charge in [0.25, 0.3) is 0 Å². The van der Waals surface area contributed by atoms with Gasteiger partial charge in [0.15, 0.2) is 0 Å². The number of Topliss-reactive ketones (excluding diaryl/α,β-unsaturated/α-hetero) is 2. The number of carbonyl (C=O) groups excluding carboxylic acids is 2. The van der Waals surface area contributed by atoms with Gasteiger partial charge in [0.2, 0.25) is 0 Å². The van der Waals surface area contributed by atoms with Crippen molar-refractivity contribution in [3.63, 3.8) is 0 Å². The fourth-order valence-electron chi connectivity index (χ4n) is 4.31. The third-order valence-electron chi connectivity index (χ3n) is 5.32. The number of piperidine rings is 1. The van der Waals surface area contributed by atoms with Crippen LogP contribution in [0.1, 0.15) is 37.7 Å². The minimum absolute atomic E-state index is 0.0111. The molecule has 1 aliphatic heterocycles. The number of hydrogen-bond donors (Lipinski definition) is 0. The lowest BCUT2D eigenvalue weighted by Gasteiger charge is -2.46. The van der Waals surface area contributed by atoms with Crippen molar-refractivity contribution in [1.82, 2.24) is 4.90 Å². The predicted molar refractivity (Wildman–Crippen MR) is 82.1 cm³/mol. The van der Waals surface area contributed by atoms with Crippen LogP contribution in [0.3, 0.4) is 0 Å². The quantitative estimate of drug-likeness (QED) is 0.838. The van der Waals surface area contributed by atoms with E-state index in [-0.39, 0.29) is 17.7 Å². The molecule has 0 spiro atoms. The van der Waals surface area contributed by atoms with E-state index >= 15 is 0 Å².